The van der Waals surface area contributed by atoms with E-state index >= 15 is 0 Å². The first kappa shape index (κ1) is 18.9. The number of ketones is 2. The van der Waals surface area contributed by atoms with Gasteiger partial charge in [-0.25, -0.2) is 0 Å². The molecule has 0 aromatic rings. The molecule has 3 nitrogen and oxygen atoms in total. The molecule has 0 aliphatic heterocycles. The molecular formula is C20H24O3. The van der Waals surface area contributed by atoms with E-state index in [1.807, 2.05) is 0 Å². The van der Waals surface area contributed by atoms with Crippen LogP contribution in [0.5, 0.6) is 0 Å². The van der Waals surface area contributed by atoms with Crippen LogP contribution in [0.3, 0.4) is 0 Å². The maximum absolute atomic E-state index is 12.3. The lowest BCUT2D eigenvalue weighted by Crippen LogP contribution is -2.20. The summed E-state index contributed by atoms with van der Waals surface area (Å²) in [6.45, 7) is 5.28. The van der Waals surface area contributed by atoms with Crippen molar-refractivity contribution in [2.24, 2.45) is 0 Å². The Morgan fingerprint density at radius 1 is 0.783 bits per heavy atom. The maximum Gasteiger partial charge on any atom is 0.185 e. The van der Waals surface area contributed by atoms with Gasteiger partial charge in [-0.1, -0.05) is 17.8 Å². The highest BCUT2D eigenvalue weighted by atomic mass is 16.2. The largest absolute Gasteiger partial charge is 0.395 e. The number of allylic oxidation sites excluding steroid dienone is 4. The van der Waals surface area contributed by atoms with E-state index in [2.05, 4.69) is 23.7 Å². The number of Topliss-reactive ketones (excluding diaryl/α,β-unsaturated/α-hetero) is 2. The Bertz CT molecular complexity index is 654. The zero-order valence-electron chi connectivity index (χ0n) is 14.2. The molecule has 0 heterocycles. The Hall–Kier alpha value is -2.10. The average Bonchev–Trinajstić information content (AvgIpc) is 2.55. The second-order valence-corrected chi connectivity index (χ2v) is 5.58. The van der Waals surface area contributed by atoms with Gasteiger partial charge < -0.3 is 5.11 Å². The van der Waals surface area contributed by atoms with Crippen LogP contribution in [-0.2, 0) is 9.59 Å². The van der Waals surface area contributed by atoms with Crippen LogP contribution in [0, 0.1) is 23.7 Å². The summed E-state index contributed by atoms with van der Waals surface area (Å²) in [5, 5.41) is 8.57. The van der Waals surface area contributed by atoms with E-state index in [1.54, 1.807) is 20.8 Å². The third kappa shape index (κ3) is 5.55. The molecule has 0 fully saturated rings. The summed E-state index contributed by atoms with van der Waals surface area (Å²) in [7, 11) is 0. The highest BCUT2D eigenvalue weighted by molar-refractivity contribution is 6.24. The number of carbonyl (C=O) groups excluding carboxylic acids is 2. The first-order chi connectivity index (χ1) is 11.0. The van der Waals surface area contributed by atoms with Gasteiger partial charge in [0, 0.05) is 35.1 Å². The van der Waals surface area contributed by atoms with Gasteiger partial charge in [-0.05, 0) is 40.0 Å². The SMILES string of the molecule is CC1=C(C)C(=O)C(CCCCC#CCC#CCCO)=C(C)C1=O. The van der Waals surface area contributed by atoms with Gasteiger partial charge in [0.05, 0.1) is 13.0 Å². The van der Waals surface area contributed by atoms with Crippen molar-refractivity contribution in [3.63, 3.8) is 0 Å². The second-order valence-electron chi connectivity index (χ2n) is 5.58. The summed E-state index contributed by atoms with van der Waals surface area (Å²) in [6.07, 6.45) is 4.18. The van der Waals surface area contributed by atoms with Crippen molar-refractivity contribution < 1.29 is 14.7 Å². The molecule has 23 heavy (non-hydrogen) atoms. The summed E-state index contributed by atoms with van der Waals surface area (Å²) in [6, 6.07) is 0. The maximum atomic E-state index is 12.3. The molecule has 0 saturated heterocycles. The monoisotopic (exact) mass is 312 g/mol. The first-order valence-corrected chi connectivity index (χ1v) is 7.99. The summed E-state index contributed by atoms with van der Waals surface area (Å²) < 4.78 is 0. The second kappa shape index (κ2) is 9.82. The third-order valence-electron chi connectivity index (χ3n) is 3.95. The van der Waals surface area contributed by atoms with Crippen molar-refractivity contribution in [3.05, 3.63) is 22.3 Å². The van der Waals surface area contributed by atoms with E-state index in [0.29, 0.717) is 41.6 Å². The first-order valence-electron chi connectivity index (χ1n) is 7.99. The van der Waals surface area contributed by atoms with Gasteiger partial charge in [0.1, 0.15) is 0 Å². The van der Waals surface area contributed by atoms with Crippen LogP contribution in [0.1, 0.15) is 59.3 Å². The predicted molar refractivity (Wildman–Crippen MR) is 91.4 cm³/mol. The molecule has 0 aromatic carbocycles. The minimum absolute atomic E-state index is 0.00153. The summed E-state index contributed by atoms with van der Waals surface area (Å²) in [4.78, 5) is 24.3. The Labute approximate surface area is 138 Å². The quantitative estimate of drug-likeness (QED) is 0.482. The molecule has 1 N–H and O–H groups in total. The lowest BCUT2D eigenvalue weighted by atomic mass is 9.84. The molecule has 1 rings (SSSR count). The van der Waals surface area contributed by atoms with Crippen LogP contribution in [0.25, 0.3) is 0 Å². The standard InChI is InChI=1S/C20H24O3/c1-15-16(2)20(23)18(17(3)19(15)22)13-11-9-7-5-4-6-8-10-12-14-21/h21H,6-7,9,11-14H2,1-3H3. The van der Waals surface area contributed by atoms with E-state index in [1.165, 1.54) is 0 Å². The fourth-order valence-electron chi connectivity index (χ4n) is 2.37. The number of aliphatic hydroxyl groups is 1. The predicted octanol–water partition coefficient (Wildman–Crippen LogP) is 3.13. The highest BCUT2D eigenvalue weighted by Crippen LogP contribution is 2.27. The lowest BCUT2D eigenvalue weighted by Gasteiger charge is -2.18. The van der Waals surface area contributed by atoms with Gasteiger partial charge in [0.2, 0.25) is 0 Å². The molecule has 0 saturated carbocycles. The van der Waals surface area contributed by atoms with E-state index in [-0.39, 0.29) is 18.2 Å². The van der Waals surface area contributed by atoms with Crippen LogP contribution >= 0.6 is 0 Å². The number of rotatable bonds is 5. The van der Waals surface area contributed by atoms with Gasteiger partial charge in [0.25, 0.3) is 0 Å². The van der Waals surface area contributed by atoms with Gasteiger partial charge >= 0.3 is 0 Å². The molecule has 0 amide bonds. The number of aliphatic hydroxyl groups excluding tert-OH is 1. The molecule has 0 atom stereocenters. The zero-order chi connectivity index (χ0) is 17.2. The summed E-state index contributed by atoms with van der Waals surface area (Å²) in [5.74, 6) is 11.7. The third-order valence-corrected chi connectivity index (χ3v) is 3.95. The van der Waals surface area contributed by atoms with E-state index in [9.17, 15) is 9.59 Å². The van der Waals surface area contributed by atoms with Crippen LogP contribution in [-0.4, -0.2) is 23.3 Å². The van der Waals surface area contributed by atoms with Gasteiger partial charge in [-0.3, -0.25) is 9.59 Å². The Morgan fingerprint density at radius 2 is 1.39 bits per heavy atom. The van der Waals surface area contributed by atoms with Crippen molar-refractivity contribution >= 4 is 11.6 Å². The molecule has 0 aromatic heterocycles. The van der Waals surface area contributed by atoms with Crippen molar-refractivity contribution in [2.75, 3.05) is 6.61 Å². The van der Waals surface area contributed by atoms with Crippen LogP contribution < -0.4 is 0 Å². The van der Waals surface area contributed by atoms with Crippen molar-refractivity contribution in [2.45, 2.75) is 59.3 Å². The summed E-state index contributed by atoms with van der Waals surface area (Å²) >= 11 is 0. The van der Waals surface area contributed by atoms with Crippen LogP contribution in [0.2, 0.25) is 0 Å². The van der Waals surface area contributed by atoms with Crippen molar-refractivity contribution in [1.29, 1.82) is 0 Å². The van der Waals surface area contributed by atoms with Gasteiger partial charge in [-0.15, -0.1) is 5.92 Å². The minimum Gasteiger partial charge on any atom is -0.395 e. The molecule has 1 aliphatic carbocycles. The number of hydrogen-bond donors (Lipinski definition) is 1. The van der Waals surface area contributed by atoms with E-state index < -0.39 is 0 Å². The van der Waals surface area contributed by atoms with Crippen molar-refractivity contribution in [1.82, 2.24) is 0 Å². The minimum atomic E-state index is -0.00153. The Morgan fingerprint density at radius 3 is 2.04 bits per heavy atom. The zero-order valence-corrected chi connectivity index (χ0v) is 14.2. The fraction of sp³-hybridized carbons (Fsp3) is 0.500. The van der Waals surface area contributed by atoms with Crippen molar-refractivity contribution in [3.8, 4) is 23.7 Å². The smallest absolute Gasteiger partial charge is 0.185 e. The van der Waals surface area contributed by atoms with E-state index in [0.717, 1.165) is 19.3 Å². The van der Waals surface area contributed by atoms with Crippen LogP contribution in [0.15, 0.2) is 22.3 Å². The highest BCUT2D eigenvalue weighted by Gasteiger charge is 2.26. The molecule has 122 valence electrons. The number of unbranched alkanes of at least 4 members (excludes halogenated alkanes) is 2. The molecule has 0 unspecified atom stereocenters. The normalized spacial score (nSPS) is 14.4. The van der Waals surface area contributed by atoms with Gasteiger partial charge in [0.15, 0.2) is 11.6 Å². The number of hydrogen-bond acceptors (Lipinski definition) is 3. The molecule has 1 aliphatic rings. The summed E-state index contributed by atoms with van der Waals surface area (Å²) in [5.41, 5.74) is 2.42. The fourth-order valence-corrected chi connectivity index (χ4v) is 2.37. The average molecular weight is 312 g/mol. The van der Waals surface area contributed by atoms with Gasteiger partial charge in [-0.2, -0.15) is 0 Å². The Balaban J connectivity index is 2.40. The number of carbonyl (C=O) groups is 2. The Kier molecular flexibility index (Phi) is 8.09. The van der Waals surface area contributed by atoms with Crippen LogP contribution in [0.4, 0.5) is 0 Å². The molecule has 0 radical (unpaired) electrons. The topological polar surface area (TPSA) is 54.4 Å². The lowest BCUT2D eigenvalue weighted by molar-refractivity contribution is -0.116. The molecule has 0 spiro atoms. The molecule has 0 bridgehead atoms. The molecule has 3 heteroatoms. The van der Waals surface area contributed by atoms with E-state index in [4.69, 9.17) is 5.11 Å². The molecular weight excluding hydrogens is 288 g/mol.